The maximum Gasteiger partial charge on any atom is 0.416 e. The molecule has 2 fully saturated rings. The van der Waals surface area contributed by atoms with Crippen molar-refractivity contribution in [1.82, 2.24) is 4.90 Å². The molecule has 5 nitrogen and oxygen atoms in total. The predicted molar refractivity (Wildman–Crippen MR) is 130 cm³/mol. The first-order valence-corrected chi connectivity index (χ1v) is 12.5. The van der Waals surface area contributed by atoms with Crippen LogP contribution < -0.4 is 0 Å². The van der Waals surface area contributed by atoms with Crippen molar-refractivity contribution < 1.29 is 36.9 Å². The van der Waals surface area contributed by atoms with E-state index in [1.165, 1.54) is 4.90 Å². The molecule has 198 valence electrons. The second kappa shape index (κ2) is 9.10. The summed E-state index contributed by atoms with van der Waals surface area (Å²) in [6, 6.07) is 16.8. The van der Waals surface area contributed by atoms with Crippen LogP contribution in [0.5, 0.6) is 0 Å². The molecular weight excluding hydrogens is 502 g/mol. The number of alkyl halides is 3. The van der Waals surface area contributed by atoms with Gasteiger partial charge in [-0.15, -0.1) is 0 Å². The standard InChI is InChI=1S/C29H25F4NO4/c30-17-9-10-25(26(11-17)29(31,32)33)28(36)12-18-14-37-15-19(13-28)34(18)27(35)38-16-24-22-7-3-1-5-20(22)21-6-2-4-8-23(21)24/h1-11,18-19,24,36H,12-16H2. The lowest BCUT2D eigenvalue weighted by Gasteiger charge is -2.51. The number of rotatable bonds is 3. The minimum atomic E-state index is -4.84. The zero-order valence-corrected chi connectivity index (χ0v) is 20.2. The third-order valence-corrected chi connectivity index (χ3v) is 7.89. The number of carbonyl (C=O) groups excluding carboxylic acids is 1. The summed E-state index contributed by atoms with van der Waals surface area (Å²) in [5.41, 5.74) is 0.805. The molecule has 3 aromatic rings. The number of benzene rings is 3. The lowest BCUT2D eigenvalue weighted by atomic mass is 9.75. The number of nitrogens with zero attached hydrogens (tertiary/aromatic N) is 1. The van der Waals surface area contributed by atoms with Gasteiger partial charge in [0, 0.05) is 18.8 Å². The van der Waals surface area contributed by atoms with Gasteiger partial charge in [-0.1, -0.05) is 54.6 Å². The van der Waals surface area contributed by atoms with Gasteiger partial charge in [0.1, 0.15) is 12.4 Å². The highest BCUT2D eigenvalue weighted by Crippen LogP contribution is 2.47. The summed E-state index contributed by atoms with van der Waals surface area (Å²) in [4.78, 5) is 14.8. The van der Waals surface area contributed by atoms with Gasteiger partial charge in [-0.25, -0.2) is 9.18 Å². The fraction of sp³-hybridized carbons (Fsp3) is 0.345. The third-order valence-electron chi connectivity index (χ3n) is 7.89. The summed E-state index contributed by atoms with van der Waals surface area (Å²) in [5.74, 6) is -1.18. The largest absolute Gasteiger partial charge is 0.448 e. The number of fused-ring (bicyclic) bond motifs is 5. The average Bonchev–Trinajstić information content (AvgIpc) is 3.20. The monoisotopic (exact) mass is 527 g/mol. The van der Waals surface area contributed by atoms with Crippen molar-refractivity contribution >= 4 is 6.09 Å². The normalized spacial score (nSPS) is 24.6. The first-order chi connectivity index (χ1) is 18.2. The highest BCUT2D eigenvalue weighted by Gasteiger charge is 2.52. The van der Waals surface area contributed by atoms with Crippen LogP contribution in [-0.2, 0) is 21.3 Å². The van der Waals surface area contributed by atoms with E-state index in [9.17, 15) is 27.5 Å². The molecule has 2 bridgehead atoms. The molecular formula is C29H25F4NO4. The highest BCUT2D eigenvalue weighted by molar-refractivity contribution is 5.79. The zero-order valence-electron chi connectivity index (χ0n) is 20.2. The fourth-order valence-corrected chi connectivity index (χ4v) is 6.32. The Hall–Kier alpha value is -3.43. The van der Waals surface area contributed by atoms with E-state index in [0.717, 1.165) is 34.4 Å². The van der Waals surface area contributed by atoms with Gasteiger partial charge >= 0.3 is 12.3 Å². The molecule has 0 saturated carbocycles. The Morgan fingerprint density at radius 3 is 2.13 bits per heavy atom. The van der Waals surface area contributed by atoms with E-state index >= 15 is 0 Å². The van der Waals surface area contributed by atoms with E-state index in [0.29, 0.717) is 6.07 Å². The summed E-state index contributed by atoms with van der Waals surface area (Å²) >= 11 is 0. The summed E-state index contributed by atoms with van der Waals surface area (Å²) in [7, 11) is 0. The first-order valence-electron chi connectivity index (χ1n) is 12.5. The quantitative estimate of drug-likeness (QED) is 0.435. The van der Waals surface area contributed by atoms with Crippen LogP contribution in [-0.4, -0.2) is 48.0 Å². The van der Waals surface area contributed by atoms with Gasteiger partial charge < -0.3 is 14.6 Å². The molecule has 9 heteroatoms. The van der Waals surface area contributed by atoms with E-state index in [-0.39, 0.29) is 38.6 Å². The minimum absolute atomic E-state index is 0.0472. The third kappa shape index (κ3) is 4.14. The van der Waals surface area contributed by atoms with Crippen molar-refractivity contribution in [2.24, 2.45) is 0 Å². The first kappa shape index (κ1) is 24.9. The minimum Gasteiger partial charge on any atom is -0.448 e. The molecule has 3 aliphatic rings. The molecule has 1 N–H and O–H groups in total. The molecule has 2 aliphatic heterocycles. The van der Waals surface area contributed by atoms with Crippen molar-refractivity contribution in [2.75, 3.05) is 19.8 Å². The van der Waals surface area contributed by atoms with Crippen LogP contribution in [0.1, 0.15) is 41.0 Å². The van der Waals surface area contributed by atoms with E-state index in [1.807, 2.05) is 48.5 Å². The van der Waals surface area contributed by atoms with Gasteiger partial charge in [0.05, 0.1) is 36.5 Å². The van der Waals surface area contributed by atoms with Crippen molar-refractivity contribution in [2.45, 2.75) is 42.6 Å². The van der Waals surface area contributed by atoms with Crippen LogP contribution in [0.4, 0.5) is 22.4 Å². The van der Waals surface area contributed by atoms with Gasteiger partial charge in [-0.2, -0.15) is 13.2 Å². The van der Waals surface area contributed by atoms with Gasteiger partial charge in [-0.3, -0.25) is 4.90 Å². The molecule has 38 heavy (non-hydrogen) atoms. The van der Waals surface area contributed by atoms with Crippen molar-refractivity contribution in [3.05, 3.63) is 94.8 Å². The Bertz CT molecular complexity index is 1330. The maximum absolute atomic E-state index is 13.7. The predicted octanol–water partition coefficient (Wildman–Crippen LogP) is 5.84. The molecule has 2 heterocycles. The number of piperidine rings is 1. The number of amides is 1. The molecule has 0 aromatic heterocycles. The molecule has 0 spiro atoms. The van der Waals surface area contributed by atoms with Crippen LogP contribution in [0.25, 0.3) is 11.1 Å². The number of hydrogen-bond acceptors (Lipinski definition) is 4. The summed E-state index contributed by atoms with van der Waals surface area (Å²) in [6.07, 6.45) is -5.82. The average molecular weight is 528 g/mol. The number of hydrogen-bond donors (Lipinski definition) is 1. The topological polar surface area (TPSA) is 59.0 Å². The molecule has 0 radical (unpaired) electrons. The molecule has 2 unspecified atom stereocenters. The van der Waals surface area contributed by atoms with Gasteiger partial charge in [0.2, 0.25) is 0 Å². The van der Waals surface area contributed by atoms with Crippen LogP contribution in [0.3, 0.4) is 0 Å². The van der Waals surface area contributed by atoms with Crippen molar-refractivity contribution in [1.29, 1.82) is 0 Å². The molecule has 6 rings (SSSR count). The number of carbonyl (C=O) groups is 1. The smallest absolute Gasteiger partial charge is 0.416 e. The molecule has 1 amide bonds. The van der Waals surface area contributed by atoms with Crippen LogP contribution in [0, 0.1) is 5.82 Å². The number of aliphatic hydroxyl groups is 1. The zero-order chi connectivity index (χ0) is 26.7. The second-order valence-electron chi connectivity index (χ2n) is 10.2. The SMILES string of the molecule is O=C(OCC1c2ccccc2-c2ccccc21)N1C2COCC1CC(O)(c1ccc(F)cc1C(F)(F)F)C2. The number of morpholine rings is 1. The van der Waals surface area contributed by atoms with Crippen LogP contribution in [0.15, 0.2) is 66.7 Å². The number of ether oxygens (including phenoxy) is 2. The Morgan fingerprint density at radius 2 is 1.55 bits per heavy atom. The molecule has 2 atom stereocenters. The van der Waals surface area contributed by atoms with E-state index in [2.05, 4.69) is 0 Å². The van der Waals surface area contributed by atoms with E-state index < -0.39 is 46.9 Å². The maximum atomic E-state index is 13.7. The summed E-state index contributed by atoms with van der Waals surface area (Å²) in [5, 5.41) is 11.4. The Balaban J connectivity index is 1.23. The Kier molecular flexibility index (Phi) is 5.96. The Morgan fingerprint density at radius 1 is 0.974 bits per heavy atom. The lowest BCUT2D eigenvalue weighted by molar-refractivity contribution is -0.153. The lowest BCUT2D eigenvalue weighted by Crippen LogP contribution is -2.62. The fourth-order valence-electron chi connectivity index (χ4n) is 6.32. The number of halogens is 4. The van der Waals surface area contributed by atoms with Crippen molar-refractivity contribution in [3.8, 4) is 11.1 Å². The van der Waals surface area contributed by atoms with Crippen molar-refractivity contribution in [3.63, 3.8) is 0 Å². The van der Waals surface area contributed by atoms with Gasteiger partial charge in [0.25, 0.3) is 0 Å². The molecule has 3 aromatic carbocycles. The van der Waals surface area contributed by atoms with Gasteiger partial charge in [-0.05, 0) is 39.9 Å². The summed E-state index contributed by atoms with van der Waals surface area (Å²) < 4.78 is 66.3. The van der Waals surface area contributed by atoms with Gasteiger partial charge in [0.15, 0.2) is 0 Å². The van der Waals surface area contributed by atoms with Crippen LogP contribution >= 0.6 is 0 Å². The van der Waals surface area contributed by atoms with E-state index in [1.54, 1.807) is 0 Å². The summed E-state index contributed by atoms with van der Waals surface area (Å²) in [6.45, 7) is 0.196. The molecule has 1 aliphatic carbocycles. The highest BCUT2D eigenvalue weighted by atomic mass is 19.4. The second-order valence-corrected chi connectivity index (χ2v) is 10.2. The van der Waals surface area contributed by atoms with Crippen LogP contribution in [0.2, 0.25) is 0 Å². The van der Waals surface area contributed by atoms with E-state index in [4.69, 9.17) is 9.47 Å². The Labute approximate surface area is 216 Å². The molecule has 2 saturated heterocycles.